The first kappa shape index (κ1) is 15.0. The Balaban J connectivity index is 3.11. The highest BCUT2D eigenvalue weighted by Gasteiger charge is 2.17. The lowest BCUT2D eigenvalue weighted by molar-refractivity contribution is -0.115. The van der Waals surface area contributed by atoms with Crippen molar-refractivity contribution in [1.29, 1.82) is 0 Å². The fourth-order valence-electron chi connectivity index (χ4n) is 1.50. The summed E-state index contributed by atoms with van der Waals surface area (Å²) in [4.78, 5) is 11.5. The Bertz CT molecular complexity index is 436. The third-order valence-corrected chi connectivity index (χ3v) is 3.10. The predicted octanol–water partition coefficient (Wildman–Crippen LogP) is 3.71. The van der Waals surface area contributed by atoms with E-state index in [1.165, 1.54) is 0 Å². The molecule has 0 fully saturated rings. The fraction of sp³-hybridized carbons (Fsp3) is 0.500. The summed E-state index contributed by atoms with van der Waals surface area (Å²) < 4.78 is 5.26. The van der Waals surface area contributed by atoms with Crippen LogP contribution in [-0.2, 0) is 10.2 Å². The highest BCUT2D eigenvalue weighted by molar-refractivity contribution is 9.10. The standard InChI is InChI=1S/C14H20BrNO2/c1-9(15)13(17)16-11-8-10(14(2,3)4)6-7-12(11)18-5/h6-9H,1-5H3,(H,16,17). The first-order valence-electron chi connectivity index (χ1n) is 5.89. The van der Waals surface area contributed by atoms with E-state index in [0.717, 1.165) is 5.56 Å². The van der Waals surface area contributed by atoms with Crippen LogP contribution in [0.1, 0.15) is 33.3 Å². The van der Waals surface area contributed by atoms with E-state index in [1.54, 1.807) is 14.0 Å². The maximum Gasteiger partial charge on any atom is 0.237 e. The van der Waals surface area contributed by atoms with Gasteiger partial charge >= 0.3 is 0 Å². The number of rotatable bonds is 3. The van der Waals surface area contributed by atoms with Gasteiger partial charge < -0.3 is 10.1 Å². The number of nitrogens with one attached hydrogen (secondary N) is 1. The molecule has 0 saturated heterocycles. The average molecular weight is 314 g/mol. The van der Waals surface area contributed by atoms with Crippen molar-refractivity contribution in [2.24, 2.45) is 0 Å². The lowest BCUT2D eigenvalue weighted by atomic mass is 9.87. The Hall–Kier alpha value is -1.03. The van der Waals surface area contributed by atoms with Gasteiger partial charge in [-0.25, -0.2) is 0 Å². The van der Waals surface area contributed by atoms with Crippen molar-refractivity contribution >= 4 is 27.5 Å². The van der Waals surface area contributed by atoms with E-state index in [0.29, 0.717) is 11.4 Å². The number of alkyl halides is 1. The third kappa shape index (κ3) is 3.73. The van der Waals surface area contributed by atoms with Crippen LogP contribution in [0.3, 0.4) is 0 Å². The minimum atomic E-state index is -0.236. The molecule has 1 aromatic rings. The van der Waals surface area contributed by atoms with Crippen LogP contribution in [0, 0.1) is 0 Å². The van der Waals surface area contributed by atoms with Gasteiger partial charge in [0.2, 0.25) is 5.91 Å². The fourth-order valence-corrected chi connectivity index (χ4v) is 1.62. The van der Waals surface area contributed by atoms with Crippen molar-refractivity contribution in [3.8, 4) is 5.75 Å². The molecule has 100 valence electrons. The maximum atomic E-state index is 11.7. The summed E-state index contributed by atoms with van der Waals surface area (Å²) in [6.07, 6.45) is 0. The molecule has 0 aliphatic rings. The topological polar surface area (TPSA) is 38.3 Å². The average Bonchev–Trinajstić information content (AvgIpc) is 2.27. The highest BCUT2D eigenvalue weighted by atomic mass is 79.9. The Morgan fingerprint density at radius 2 is 2.00 bits per heavy atom. The molecule has 0 heterocycles. The summed E-state index contributed by atoms with van der Waals surface area (Å²) in [6.45, 7) is 8.18. The molecule has 0 bridgehead atoms. The quantitative estimate of drug-likeness (QED) is 0.864. The Kier molecular flexibility index (Phi) is 4.79. The van der Waals surface area contributed by atoms with Gasteiger partial charge in [-0.05, 0) is 30.0 Å². The summed E-state index contributed by atoms with van der Waals surface area (Å²) >= 11 is 3.25. The van der Waals surface area contributed by atoms with E-state index in [2.05, 4.69) is 42.0 Å². The smallest absolute Gasteiger partial charge is 0.237 e. The van der Waals surface area contributed by atoms with E-state index in [-0.39, 0.29) is 16.1 Å². The number of amides is 1. The van der Waals surface area contributed by atoms with Crippen LogP contribution in [0.4, 0.5) is 5.69 Å². The normalized spacial score (nSPS) is 13.0. The number of hydrogen-bond donors (Lipinski definition) is 1. The molecule has 1 atom stereocenters. The summed E-state index contributed by atoms with van der Waals surface area (Å²) in [5.41, 5.74) is 1.90. The van der Waals surface area contributed by atoms with Gasteiger partial charge in [0.25, 0.3) is 0 Å². The van der Waals surface area contributed by atoms with Crippen LogP contribution >= 0.6 is 15.9 Å². The zero-order chi connectivity index (χ0) is 13.9. The van der Waals surface area contributed by atoms with E-state index >= 15 is 0 Å². The molecule has 0 aromatic heterocycles. The second kappa shape index (κ2) is 5.74. The Labute approximate surface area is 117 Å². The maximum absolute atomic E-state index is 11.7. The largest absolute Gasteiger partial charge is 0.495 e. The zero-order valence-corrected chi connectivity index (χ0v) is 13.1. The lowest BCUT2D eigenvalue weighted by Gasteiger charge is -2.21. The molecule has 1 unspecified atom stereocenters. The minimum Gasteiger partial charge on any atom is -0.495 e. The van der Waals surface area contributed by atoms with Gasteiger partial charge in [-0.15, -0.1) is 0 Å². The van der Waals surface area contributed by atoms with Gasteiger partial charge in [0.05, 0.1) is 17.6 Å². The molecule has 3 nitrogen and oxygen atoms in total. The van der Waals surface area contributed by atoms with Gasteiger partial charge in [-0.3, -0.25) is 4.79 Å². The molecule has 1 aromatic carbocycles. The number of carbonyl (C=O) groups excluding carboxylic acids is 1. The van der Waals surface area contributed by atoms with Gasteiger partial charge in [0, 0.05) is 0 Å². The molecule has 0 aliphatic carbocycles. The Morgan fingerprint density at radius 3 is 2.44 bits per heavy atom. The monoisotopic (exact) mass is 313 g/mol. The first-order chi connectivity index (χ1) is 8.25. The lowest BCUT2D eigenvalue weighted by Crippen LogP contribution is -2.21. The van der Waals surface area contributed by atoms with Crippen molar-refractivity contribution in [2.75, 3.05) is 12.4 Å². The van der Waals surface area contributed by atoms with Gasteiger partial charge in [-0.2, -0.15) is 0 Å². The zero-order valence-electron chi connectivity index (χ0n) is 11.5. The molecule has 4 heteroatoms. The molecule has 0 spiro atoms. The number of methoxy groups -OCH3 is 1. The summed E-state index contributed by atoms with van der Waals surface area (Å²) in [7, 11) is 1.60. The molecular formula is C14H20BrNO2. The summed E-state index contributed by atoms with van der Waals surface area (Å²) in [6, 6.07) is 5.87. The highest BCUT2D eigenvalue weighted by Crippen LogP contribution is 2.31. The predicted molar refractivity (Wildman–Crippen MR) is 78.7 cm³/mol. The van der Waals surface area contributed by atoms with Gasteiger partial charge in [0.1, 0.15) is 5.75 Å². The number of anilines is 1. The van der Waals surface area contributed by atoms with Crippen molar-refractivity contribution in [3.63, 3.8) is 0 Å². The molecule has 1 amide bonds. The molecule has 0 aliphatic heterocycles. The van der Waals surface area contributed by atoms with E-state index < -0.39 is 0 Å². The first-order valence-corrected chi connectivity index (χ1v) is 6.80. The molecule has 0 radical (unpaired) electrons. The second-order valence-corrected chi connectivity index (χ2v) is 6.64. The van der Waals surface area contributed by atoms with Crippen LogP contribution in [0.25, 0.3) is 0 Å². The second-order valence-electron chi connectivity index (χ2n) is 5.27. The number of carbonyl (C=O) groups is 1. The molecule has 1 N–H and O–H groups in total. The minimum absolute atomic E-state index is 0.0335. The van der Waals surface area contributed by atoms with Gasteiger partial charge in [-0.1, -0.05) is 42.8 Å². The number of benzene rings is 1. The third-order valence-electron chi connectivity index (χ3n) is 2.68. The molecule has 0 saturated carbocycles. The van der Waals surface area contributed by atoms with Crippen LogP contribution in [0.15, 0.2) is 18.2 Å². The molecule has 1 rings (SSSR count). The SMILES string of the molecule is COc1ccc(C(C)(C)C)cc1NC(=O)C(C)Br. The van der Waals surface area contributed by atoms with Crippen molar-refractivity contribution in [2.45, 2.75) is 37.9 Å². The van der Waals surface area contributed by atoms with E-state index in [4.69, 9.17) is 4.74 Å². The van der Waals surface area contributed by atoms with Crippen LogP contribution in [-0.4, -0.2) is 17.8 Å². The number of ether oxygens (including phenoxy) is 1. The molecule has 18 heavy (non-hydrogen) atoms. The van der Waals surface area contributed by atoms with Crippen LogP contribution in [0.2, 0.25) is 0 Å². The number of hydrogen-bond acceptors (Lipinski definition) is 2. The Morgan fingerprint density at radius 1 is 1.39 bits per heavy atom. The van der Waals surface area contributed by atoms with Crippen molar-refractivity contribution in [1.82, 2.24) is 0 Å². The van der Waals surface area contributed by atoms with Crippen LogP contribution < -0.4 is 10.1 Å². The van der Waals surface area contributed by atoms with Gasteiger partial charge in [0.15, 0.2) is 0 Å². The summed E-state index contributed by atoms with van der Waals surface area (Å²) in [5, 5.41) is 2.86. The van der Waals surface area contributed by atoms with E-state index in [1.807, 2.05) is 18.2 Å². The van der Waals surface area contributed by atoms with Crippen LogP contribution in [0.5, 0.6) is 5.75 Å². The van der Waals surface area contributed by atoms with Crippen molar-refractivity contribution < 1.29 is 9.53 Å². The van der Waals surface area contributed by atoms with Crippen molar-refractivity contribution in [3.05, 3.63) is 23.8 Å². The summed E-state index contributed by atoms with van der Waals surface area (Å²) in [5.74, 6) is 0.587. The molecular weight excluding hydrogens is 294 g/mol. The van der Waals surface area contributed by atoms with E-state index in [9.17, 15) is 4.79 Å². The number of halogens is 1.